The van der Waals surface area contributed by atoms with Gasteiger partial charge in [0.2, 0.25) is 17.7 Å². The van der Waals surface area contributed by atoms with Crippen LogP contribution >= 0.6 is 23.2 Å². The van der Waals surface area contributed by atoms with Crippen molar-refractivity contribution in [2.24, 2.45) is 5.41 Å². The first-order valence-electron chi connectivity index (χ1n) is 16.4. The number of piperidine rings is 1. The van der Waals surface area contributed by atoms with Crippen molar-refractivity contribution in [2.75, 3.05) is 18.4 Å². The number of fused-ring (bicyclic) bond motifs is 1. The zero-order valence-corrected chi connectivity index (χ0v) is 28.1. The van der Waals surface area contributed by atoms with Gasteiger partial charge in [-0.3, -0.25) is 24.0 Å². The molecule has 4 amide bonds. The summed E-state index contributed by atoms with van der Waals surface area (Å²) >= 11 is 12.2. The van der Waals surface area contributed by atoms with Crippen LogP contribution in [-0.2, 0) is 19.2 Å². The first-order chi connectivity index (χ1) is 23.0. The quantitative estimate of drug-likeness (QED) is 0.178. The molecule has 2 fully saturated rings. The molecular weight excluding hydrogens is 655 g/mol. The van der Waals surface area contributed by atoms with E-state index in [1.807, 2.05) is 30.3 Å². The highest BCUT2D eigenvalue weighted by Gasteiger charge is 2.39. The van der Waals surface area contributed by atoms with Crippen LogP contribution in [0.4, 0.5) is 5.69 Å². The van der Waals surface area contributed by atoms with Gasteiger partial charge in [-0.05, 0) is 73.6 Å². The first-order valence-corrected chi connectivity index (χ1v) is 17.1. The Morgan fingerprint density at radius 2 is 1.44 bits per heavy atom. The van der Waals surface area contributed by atoms with Gasteiger partial charge in [-0.25, -0.2) is 0 Å². The van der Waals surface area contributed by atoms with Gasteiger partial charge in [0, 0.05) is 52.6 Å². The lowest BCUT2D eigenvalue weighted by atomic mass is 9.77. The van der Waals surface area contributed by atoms with Gasteiger partial charge in [0.25, 0.3) is 5.91 Å². The topological polar surface area (TPSA) is 145 Å². The zero-order valence-electron chi connectivity index (χ0n) is 26.6. The van der Waals surface area contributed by atoms with Crippen LogP contribution in [0.25, 0.3) is 10.8 Å². The molecule has 0 radical (unpaired) electrons. The molecule has 48 heavy (non-hydrogen) atoms. The second kappa shape index (κ2) is 15.8. The Labute approximate surface area is 289 Å². The second-order valence-corrected chi connectivity index (χ2v) is 13.7. The molecule has 12 heteroatoms. The Morgan fingerprint density at radius 3 is 2.12 bits per heavy atom. The van der Waals surface area contributed by atoms with Gasteiger partial charge in [0.15, 0.2) is 0 Å². The largest absolute Gasteiger partial charge is 0.481 e. The summed E-state index contributed by atoms with van der Waals surface area (Å²) in [5.41, 5.74) is 0.991. The molecule has 3 aromatic rings. The number of nitrogens with one attached hydrogen (secondary N) is 3. The van der Waals surface area contributed by atoms with Crippen LogP contribution in [0.15, 0.2) is 60.7 Å². The summed E-state index contributed by atoms with van der Waals surface area (Å²) in [5.74, 6) is -3.07. The van der Waals surface area contributed by atoms with Crippen molar-refractivity contribution < 1.29 is 29.1 Å². The van der Waals surface area contributed by atoms with E-state index in [1.54, 1.807) is 17.0 Å². The monoisotopic (exact) mass is 694 g/mol. The third-order valence-electron chi connectivity index (χ3n) is 9.53. The third-order valence-corrected chi connectivity index (χ3v) is 9.97. The number of hydrogen-bond donors (Lipinski definition) is 4. The summed E-state index contributed by atoms with van der Waals surface area (Å²) in [6.45, 7) is 1.15. The minimum absolute atomic E-state index is 0.0388. The van der Waals surface area contributed by atoms with Crippen molar-refractivity contribution in [3.05, 3.63) is 76.3 Å². The van der Waals surface area contributed by atoms with Gasteiger partial charge < -0.3 is 26.0 Å². The van der Waals surface area contributed by atoms with Crippen molar-refractivity contribution in [3.63, 3.8) is 0 Å². The lowest BCUT2D eigenvalue weighted by Crippen LogP contribution is -2.52. The van der Waals surface area contributed by atoms with E-state index in [4.69, 9.17) is 23.2 Å². The number of nitrogens with zero attached hydrogens (tertiary/aromatic N) is 1. The number of carboxylic acid groups (broad SMARTS) is 1. The molecule has 0 aromatic heterocycles. The predicted octanol–water partition coefficient (Wildman–Crippen LogP) is 6.20. The molecule has 5 rings (SSSR count). The van der Waals surface area contributed by atoms with E-state index in [-0.39, 0.29) is 52.6 Å². The van der Waals surface area contributed by atoms with Crippen molar-refractivity contribution in [1.29, 1.82) is 0 Å². The molecule has 2 aliphatic rings. The van der Waals surface area contributed by atoms with E-state index in [0.29, 0.717) is 18.8 Å². The van der Waals surface area contributed by atoms with Crippen LogP contribution in [0.1, 0.15) is 74.6 Å². The maximum atomic E-state index is 13.8. The third kappa shape index (κ3) is 9.05. The number of carboxylic acids is 1. The maximum Gasteiger partial charge on any atom is 0.303 e. The van der Waals surface area contributed by atoms with Crippen molar-refractivity contribution in [3.8, 4) is 0 Å². The minimum Gasteiger partial charge on any atom is -0.481 e. The smallest absolute Gasteiger partial charge is 0.303 e. The number of halogens is 2. The Hall–Kier alpha value is -4.15. The molecule has 0 bridgehead atoms. The molecule has 10 nitrogen and oxygen atoms in total. The number of benzene rings is 3. The molecule has 3 aromatic carbocycles. The number of carbonyl (C=O) groups is 5. The van der Waals surface area contributed by atoms with E-state index in [1.165, 1.54) is 43.9 Å². The van der Waals surface area contributed by atoms with Crippen LogP contribution in [0.5, 0.6) is 0 Å². The number of carbonyl (C=O) groups excluding carboxylic acids is 4. The fourth-order valence-corrected chi connectivity index (χ4v) is 7.39. The van der Waals surface area contributed by atoms with Gasteiger partial charge >= 0.3 is 5.97 Å². The number of aliphatic carboxylic acids is 1. The lowest BCUT2D eigenvalue weighted by Gasteiger charge is -2.40. The highest BCUT2D eigenvalue weighted by molar-refractivity contribution is 6.35. The van der Waals surface area contributed by atoms with Crippen LogP contribution in [0.2, 0.25) is 10.0 Å². The van der Waals surface area contributed by atoms with Gasteiger partial charge in [0.1, 0.15) is 12.1 Å². The van der Waals surface area contributed by atoms with Crippen LogP contribution < -0.4 is 16.0 Å². The normalized spacial score (nSPS) is 16.7. The highest BCUT2D eigenvalue weighted by atomic mass is 35.5. The summed E-state index contributed by atoms with van der Waals surface area (Å²) in [7, 11) is 0. The Kier molecular flexibility index (Phi) is 11.6. The fraction of sp³-hybridized carbons (Fsp3) is 0.417. The summed E-state index contributed by atoms with van der Waals surface area (Å²) < 4.78 is 0. The molecule has 1 aliphatic carbocycles. The first kappa shape index (κ1) is 35.2. The number of hydrogen-bond acceptors (Lipinski definition) is 5. The minimum atomic E-state index is -1.14. The predicted molar refractivity (Wildman–Crippen MR) is 185 cm³/mol. The number of anilines is 1. The SMILES string of the molecule is O=C(O)CC[C@H](NC(=O)CC[C@@H](NC(=O)c1cc(Cl)cc(Cl)c1)C(=O)N1CCC2(CCCC2)CC1)C(=O)Nc1cccc2ccccc12. The zero-order chi connectivity index (χ0) is 34.3. The van der Waals surface area contributed by atoms with Crippen LogP contribution in [0.3, 0.4) is 0 Å². The molecule has 2 atom stereocenters. The number of likely N-dealkylation sites (tertiary alicyclic amines) is 1. The van der Waals surface area contributed by atoms with Crippen molar-refractivity contribution in [2.45, 2.75) is 76.3 Å². The maximum absolute atomic E-state index is 13.8. The van der Waals surface area contributed by atoms with Gasteiger partial charge in [-0.2, -0.15) is 0 Å². The summed E-state index contributed by atoms with van der Waals surface area (Å²) in [4.78, 5) is 66.9. The molecule has 1 aliphatic heterocycles. The van der Waals surface area contributed by atoms with Gasteiger partial charge in [0.05, 0.1) is 0 Å². The fourth-order valence-electron chi connectivity index (χ4n) is 6.86. The molecular formula is C36H40Cl2N4O6. The molecule has 1 saturated carbocycles. The molecule has 254 valence electrons. The van der Waals surface area contributed by atoms with E-state index in [0.717, 1.165) is 23.6 Å². The van der Waals surface area contributed by atoms with E-state index >= 15 is 0 Å². The molecule has 1 saturated heterocycles. The number of amides is 4. The Bertz CT molecular complexity index is 1660. The van der Waals surface area contributed by atoms with Crippen LogP contribution in [0, 0.1) is 5.41 Å². The molecule has 0 unspecified atom stereocenters. The summed E-state index contributed by atoms with van der Waals surface area (Å²) in [6, 6.07) is 15.1. The average Bonchev–Trinajstić information content (AvgIpc) is 3.52. The van der Waals surface area contributed by atoms with Crippen molar-refractivity contribution in [1.82, 2.24) is 15.5 Å². The van der Waals surface area contributed by atoms with E-state index in [2.05, 4.69) is 16.0 Å². The second-order valence-electron chi connectivity index (χ2n) is 12.8. The number of rotatable bonds is 12. The van der Waals surface area contributed by atoms with Gasteiger partial charge in [-0.15, -0.1) is 0 Å². The Morgan fingerprint density at radius 1 is 0.792 bits per heavy atom. The van der Waals surface area contributed by atoms with Gasteiger partial charge in [-0.1, -0.05) is 72.4 Å². The van der Waals surface area contributed by atoms with E-state index < -0.39 is 35.8 Å². The summed E-state index contributed by atoms with van der Waals surface area (Å²) in [5, 5.41) is 19.8. The molecule has 4 N–H and O–H groups in total. The van der Waals surface area contributed by atoms with E-state index in [9.17, 15) is 29.1 Å². The highest BCUT2D eigenvalue weighted by Crippen LogP contribution is 2.46. The standard InChI is InChI=1S/C36H40Cl2N4O6/c37-25-20-24(21-26(38)22-25)33(46)41-30(35(48)42-18-16-36(17-19-42)14-3-4-15-36)10-12-31(43)39-29(11-13-32(44)45)34(47)40-28-9-5-7-23-6-1-2-8-27(23)28/h1-2,5-9,20-22,29-30H,3-4,10-19H2,(H,39,43)(H,40,47)(H,41,46)(H,44,45)/t29-,30+/m0/s1. The van der Waals surface area contributed by atoms with Crippen LogP contribution in [-0.4, -0.2) is 64.8 Å². The summed E-state index contributed by atoms with van der Waals surface area (Å²) in [6.07, 6.45) is 5.84. The van der Waals surface area contributed by atoms with Crippen molar-refractivity contribution >= 4 is 69.3 Å². The molecule has 1 heterocycles. The molecule has 1 spiro atoms. The average molecular weight is 696 g/mol. The lowest BCUT2D eigenvalue weighted by molar-refractivity contribution is -0.138. The Balaban J connectivity index is 1.27.